The normalized spacial score (nSPS) is 12.2. The van der Waals surface area contributed by atoms with Crippen LogP contribution in [0, 0.1) is 0 Å². The molecule has 0 atom stereocenters. The van der Waals surface area contributed by atoms with Gasteiger partial charge in [0, 0.05) is 20.2 Å². The fraction of sp³-hybridized carbons (Fsp3) is 0. The molecule has 0 nitrogen and oxygen atoms in total. The Labute approximate surface area is 194 Å². The fourth-order valence-corrected chi connectivity index (χ4v) is 6.94. The van der Waals surface area contributed by atoms with E-state index < -0.39 is 0 Å². The van der Waals surface area contributed by atoms with Crippen molar-refractivity contribution in [3.63, 3.8) is 0 Å². The van der Waals surface area contributed by atoms with Crippen LogP contribution >= 0.6 is 11.3 Å². The molecule has 0 saturated carbocycles. The molecule has 0 saturated heterocycles. The van der Waals surface area contributed by atoms with Crippen molar-refractivity contribution >= 4 is 74.6 Å². The molecule has 0 aliphatic carbocycles. The molecule has 0 unspecified atom stereocenters. The van der Waals surface area contributed by atoms with E-state index in [0.717, 1.165) is 0 Å². The molecule has 0 bridgehead atoms. The summed E-state index contributed by atoms with van der Waals surface area (Å²) in [5, 5.41) is 13.4. The molecule has 152 valence electrons. The number of rotatable bonds is 1. The molecular weight excluding hydrogens is 416 g/mol. The van der Waals surface area contributed by atoms with Crippen molar-refractivity contribution in [3.05, 3.63) is 109 Å². The number of benzene rings is 7. The third kappa shape index (κ3) is 2.35. The average molecular weight is 435 g/mol. The molecule has 0 amide bonds. The lowest BCUT2D eigenvalue weighted by Crippen LogP contribution is -1.87. The van der Waals surface area contributed by atoms with E-state index in [1.807, 2.05) is 11.3 Å². The molecule has 1 aromatic heterocycles. The Kier molecular flexibility index (Phi) is 3.37. The van der Waals surface area contributed by atoms with Crippen LogP contribution in [0.2, 0.25) is 0 Å². The minimum atomic E-state index is 1.29. The van der Waals surface area contributed by atoms with Crippen LogP contribution in [0.15, 0.2) is 109 Å². The maximum Gasteiger partial charge on any atom is 0.0433 e. The lowest BCUT2D eigenvalue weighted by molar-refractivity contribution is 1.72. The second-order valence-electron chi connectivity index (χ2n) is 8.95. The van der Waals surface area contributed by atoms with E-state index in [-0.39, 0.29) is 0 Å². The van der Waals surface area contributed by atoms with Gasteiger partial charge in [-0.2, -0.15) is 0 Å². The maximum absolute atomic E-state index is 2.39. The smallest absolute Gasteiger partial charge is 0.0433 e. The number of hydrogen-bond acceptors (Lipinski definition) is 1. The van der Waals surface area contributed by atoms with Gasteiger partial charge in [-0.15, -0.1) is 11.3 Å². The predicted molar refractivity (Wildman–Crippen MR) is 146 cm³/mol. The van der Waals surface area contributed by atoms with Gasteiger partial charge in [0.2, 0.25) is 0 Å². The molecule has 8 rings (SSSR count). The molecule has 0 spiro atoms. The first-order valence-electron chi connectivity index (χ1n) is 11.4. The molecule has 33 heavy (non-hydrogen) atoms. The lowest BCUT2D eigenvalue weighted by Gasteiger charge is -2.14. The van der Waals surface area contributed by atoms with E-state index in [2.05, 4.69) is 109 Å². The topological polar surface area (TPSA) is 0 Å². The Bertz CT molecular complexity index is 2010. The number of fused-ring (bicyclic) bond motifs is 5. The first-order chi connectivity index (χ1) is 16.3. The van der Waals surface area contributed by atoms with Crippen LogP contribution in [0.5, 0.6) is 0 Å². The second kappa shape index (κ2) is 6.31. The third-order valence-electron chi connectivity index (χ3n) is 7.20. The van der Waals surface area contributed by atoms with Crippen LogP contribution in [-0.4, -0.2) is 0 Å². The molecule has 0 aliphatic heterocycles. The van der Waals surface area contributed by atoms with Crippen molar-refractivity contribution in [2.45, 2.75) is 0 Å². The Morgan fingerprint density at radius 1 is 0.424 bits per heavy atom. The minimum absolute atomic E-state index is 1.29. The largest absolute Gasteiger partial charge is 0.135 e. The Balaban J connectivity index is 1.44. The Morgan fingerprint density at radius 3 is 2.00 bits per heavy atom. The van der Waals surface area contributed by atoms with Gasteiger partial charge in [0.05, 0.1) is 0 Å². The van der Waals surface area contributed by atoms with Gasteiger partial charge >= 0.3 is 0 Å². The lowest BCUT2D eigenvalue weighted by atomic mass is 9.90. The summed E-state index contributed by atoms with van der Waals surface area (Å²) in [7, 11) is 0. The summed E-state index contributed by atoms with van der Waals surface area (Å²) < 4.78 is 2.74. The number of hydrogen-bond donors (Lipinski definition) is 0. The highest BCUT2D eigenvalue weighted by molar-refractivity contribution is 7.26. The molecule has 0 N–H and O–H groups in total. The molecule has 0 fully saturated rings. The predicted octanol–water partition coefficient (Wildman–Crippen LogP) is 9.77. The molecular formula is C32H18S. The van der Waals surface area contributed by atoms with Crippen molar-refractivity contribution < 1.29 is 0 Å². The van der Waals surface area contributed by atoms with Gasteiger partial charge in [-0.05, 0) is 60.3 Å². The monoisotopic (exact) mass is 434 g/mol. The van der Waals surface area contributed by atoms with Crippen LogP contribution in [-0.2, 0) is 0 Å². The second-order valence-corrected chi connectivity index (χ2v) is 10.00. The van der Waals surface area contributed by atoms with Crippen LogP contribution in [0.3, 0.4) is 0 Å². The highest BCUT2D eigenvalue weighted by atomic mass is 32.1. The molecule has 0 aliphatic rings. The minimum Gasteiger partial charge on any atom is -0.135 e. The zero-order valence-corrected chi connectivity index (χ0v) is 18.6. The zero-order chi connectivity index (χ0) is 21.5. The molecule has 8 aromatic rings. The van der Waals surface area contributed by atoms with Gasteiger partial charge in [-0.25, -0.2) is 0 Å². The van der Waals surface area contributed by atoms with Gasteiger partial charge in [-0.1, -0.05) is 103 Å². The van der Waals surface area contributed by atoms with Crippen LogP contribution < -0.4 is 0 Å². The van der Waals surface area contributed by atoms with E-state index in [1.54, 1.807) is 0 Å². The fourth-order valence-electron chi connectivity index (χ4n) is 5.66. The highest BCUT2D eigenvalue weighted by Gasteiger charge is 2.14. The summed E-state index contributed by atoms with van der Waals surface area (Å²) in [5.41, 5.74) is 2.60. The molecule has 0 radical (unpaired) electrons. The summed E-state index contributed by atoms with van der Waals surface area (Å²) in [5.74, 6) is 0. The summed E-state index contributed by atoms with van der Waals surface area (Å²) in [6.07, 6.45) is 0. The Hall–Kier alpha value is -3.94. The maximum atomic E-state index is 2.39. The summed E-state index contributed by atoms with van der Waals surface area (Å²) in [6, 6.07) is 40.5. The van der Waals surface area contributed by atoms with Crippen molar-refractivity contribution in [2.75, 3.05) is 0 Å². The van der Waals surface area contributed by atoms with E-state index in [0.29, 0.717) is 0 Å². The molecule has 1 heterocycles. The highest BCUT2D eigenvalue weighted by Crippen LogP contribution is 2.43. The van der Waals surface area contributed by atoms with Crippen molar-refractivity contribution in [3.8, 4) is 11.1 Å². The standard InChI is InChI=1S/C32H18S/c1-2-7-25-19(4-1)10-17-28-26-15-13-23(18-29(26)33-32(25)28)24-14-11-22-9-8-20-5-3-6-21-12-16-27(24)31(22)30(20)21/h1-18H. The van der Waals surface area contributed by atoms with Crippen LogP contribution in [0.25, 0.3) is 74.4 Å². The summed E-state index contributed by atoms with van der Waals surface area (Å²) in [4.78, 5) is 0. The van der Waals surface area contributed by atoms with Gasteiger partial charge in [0.25, 0.3) is 0 Å². The van der Waals surface area contributed by atoms with E-state index in [4.69, 9.17) is 0 Å². The average Bonchev–Trinajstić information content (AvgIpc) is 3.25. The summed E-state index contributed by atoms with van der Waals surface area (Å²) in [6.45, 7) is 0. The summed E-state index contributed by atoms with van der Waals surface area (Å²) >= 11 is 1.91. The quantitative estimate of drug-likeness (QED) is 0.226. The van der Waals surface area contributed by atoms with Crippen molar-refractivity contribution in [1.82, 2.24) is 0 Å². The van der Waals surface area contributed by atoms with E-state index >= 15 is 0 Å². The first-order valence-corrected chi connectivity index (χ1v) is 12.2. The van der Waals surface area contributed by atoms with Crippen molar-refractivity contribution in [2.24, 2.45) is 0 Å². The van der Waals surface area contributed by atoms with Gasteiger partial charge in [-0.3, -0.25) is 0 Å². The zero-order valence-electron chi connectivity index (χ0n) is 17.8. The third-order valence-corrected chi connectivity index (χ3v) is 8.40. The Morgan fingerprint density at radius 2 is 1.09 bits per heavy atom. The SMILES string of the molecule is c1ccc2c(c1)ccc1c3ccc(-c4ccc5ccc6cccc7ccc4c5c67)cc3sc21. The van der Waals surface area contributed by atoms with Gasteiger partial charge < -0.3 is 0 Å². The van der Waals surface area contributed by atoms with E-state index in [9.17, 15) is 0 Å². The van der Waals surface area contributed by atoms with E-state index in [1.165, 1.54) is 74.4 Å². The first kappa shape index (κ1) is 17.6. The molecule has 7 aromatic carbocycles. The van der Waals surface area contributed by atoms with Crippen LogP contribution in [0.1, 0.15) is 0 Å². The number of thiophene rings is 1. The van der Waals surface area contributed by atoms with Gasteiger partial charge in [0.1, 0.15) is 0 Å². The molecule has 1 heteroatoms. The van der Waals surface area contributed by atoms with Crippen LogP contribution in [0.4, 0.5) is 0 Å². The van der Waals surface area contributed by atoms with Gasteiger partial charge in [0.15, 0.2) is 0 Å². The van der Waals surface area contributed by atoms with Crippen molar-refractivity contribution in [1.29, 1.82) is 0 Å².